The van der Waals surface area contributed by atoms with E-state index >= 15 is 0 Å². The Balaban J connectivity index is 2.40. The van der Waals surface area contributed by atoms with Gasteiger partial charge in [0.05, 0.1) is 11.3 Å². The molecule has 1 amide bonds. The standard InChI is InChI=1S/C15H11ClF3N3O/c1-8(14(20)23)9-3-2-4-10(5-9)22-12-6-13(16)21-7-11(12)15(17,18)19/h2-7H,1H2,(H2,20,23)(H,21,22). The minimum Gasteiger partial charge on any atom is -0.366 e. The van der Waals surface area contributed by atoms with Gasteiger partial charge in [0.1, 0.15) is 5.15 Å². The van der Waals surface area contributed by atoms with Gasteiger partial charge in [0, 0.05) is 17.5 Å². The van der Waals surface area contributed by atoms with Gasteiger partial charge in [-0.25, -0.2) is 4.98 Å². The van der Waals surface area contributed by atoms with E-state index in [9.17, 15) is 18.0 Å². The van der Waals surface area contributed by atoms with Crippen LogP contribution >= 0.6 is 11.6 Å². The van der Waals surface area contributed by atoms with Crippen molar-refractivity contribution in [1.82, 2.24) is 4.98 Å². The average Bonchev–Trinajstić information content (AvgIpc) is 2.45. The van der Waals surface area contributed by atoms with E-state index in [-0.39, 0.29) is 16.4 Å². The molecule has 0 aliphatic carbocycles. The smallest absolute Gasteiger partial charge is 0.366 e. The molecule has 0 bridgehead atoms. The lowest BCUT2D eigenvalue weighted by atomic mass is 10.1. The number of carbonyl (C=O) groups is 1. The van der Waals surface area contributed by atoms with Crippen LogP contribution in [0, 0.1) is 0 Å². The highest BCUT2D eigenvalue weighted by Crippen LogP contribution is 2.36. The molecule has 2 rings (SSSR count). The largest absolute Gasteiger partial charge is 0.419 e. The first-order valence-corrected chi connectivity index (χ1v) is 6.65. The van der Waals surface area contributed by atoms with Crippen LogP contribution in [0.2, 0.25) is 5.15 Å². The molecule has 120 valence electrons. The molecule has 8 heteroatoms. The molecule has 1 aromatic carbocycles. The number of primary amides is 1. The van der Waals surface area contributed by atoms with Crippen molar-refractivity contribution < 1.29 is 18.0 Å². The fourth-order valence-electron chi connectivity index (χ4n) is 1.84. The van der Waals surface area contributed by atoms with Crippen LogP contribution in [-0.4, -0.2) is 10.9 Å². The van der Waals surface area contributed by atoms with Gasteiger partial charge in [0.25, 0.3) is 0 Å². The number of nitrogens with zero attached hydrogens (tertiary/aromatic N) is 1. The van der Waals surface area contributed by atoms with Crippen LogP contribution in [0.5, 0.6) is 0 Å². The molecule has 1 aromatic heterocycles. The lowest BCUT2D eigenvalue weighted by molar-refractivity contribution is -0.137. The summed E-state index contributed by atoms with van der Waals surface area (Å²) < 4.78 is 39.0. The number of aromatic nitrogens is 1. The number of benzene rings is 1. The lowest BCUT2D eigenvalue weighted by Gasteiger charge is -2.15. The molecule has 0 radical (unpaired) electrons. The Hall–Kier alpha value is -2.54. The van der Waals surface area contributed by atoms with Crippen LogP contribution in [0.3, 0.4) is 0 Å². The number of alkyl halides is 3. The molecule has 0 unspecified atom stereocenters. The predicted octanol–water partition coefficient (Wildman–Crippen LogP) is 4.00. The first kappa shape index (κ1) is 16.8. The summed E-state index contributed by atoms with van der Waals surface area (Å²) in [5, 5.41) is 2.53. The number of hydrogen-bond donors (Lipinski definition) is 2. The van der Waals surface area contributed by atoms with Crippen molar-refractivity contribution in [1.29, 1.82) is 0 Å². The van der Waals surface area contributed by atoms with Crippen LogP contribution in [0.1, 0.15) is 11.1 Å². The fourth-order valence-corrected chi connectivity index (χ4v) is 2.00. The van der Waals surface area contributed by atoms with Crippen LogP contribution in [0.4, 0.5) is 24.5 Å². The molecule has 3 N–H and O–H groups in total. The molecule has 0 saturated carbocycles. The Morgan fingerprint density at radius 1 is 1.30 bits per heavy atom. The Kier molecular flexibility index (Phi) is 4.60. The highest BCUT2D eigenvalue weighted by Gasteiger charge is 2.34. The second-order valence-corrected chi connectivity index (χ2v) is 4.99. The third kappa shape index (κ3) is 4.01. The molecule has 0 saturated heterocycles. The van der Waals surface area contributed by atoms with Crippen molar-refractivity contribution in [2.24, 2.45) is 5.73 Å². The van der Waals surface area contributed by atoms with Gasteiger partial charge in [0.2, 0.25) is 5.91 Å². The van der Waals surface area contributed by atoms with E-state index in [1.807, 2.05) is 0 Å². The Morgan fingerprint density at radius 2 is 2.00 bits per heavy atom. The number of carbonyl (C=O) groups excluding carboxylic acids is 1. The second-order valence-electron chi connectivity index (χ2n) is 4.60. The quantitative estimate of drug-likeness (QED) is 0.652. The lowest BCUT2D eigenvalue weighted by Crippen LogP contribution is -2.12. The Bertz CT molecular complexity index is 775. The molecule has 23 heavy (non-hydrogen) atoms. The highest BCUT2D eigenvalue weighted by atomic mass is 35.5. The van der Waals surface area contributed by atoms with E-state index in [1.54, 1.807) is 12.1 Å². The summed E-state index contributed by atoms with van der Waals surface area (Å²) >= 11 is 5.66. The number of amides is 1. The molecule has 1 heterocycles. The number of anilines is 2. The van der Waals surface area contributed by atoms with Gasteiger partial charge in [-0.1, -0.05) is 30.3 Å². The number of halogens is 4. The van der Waals surface area contributed by atoms with Crippen LogP contribution < -0.4 is 11.1 Å². The number of nitrogens with one attached hydrogen (secondary N) is 1. The zero-order chi connectivity index (χ0) is 17.2. The molecule has 0 spiro atoms. The molecule has 0 fully saturated rings. The fraction of sp³-hybridized carbons (Fsp3) is 0.0667. The van der Waals surface area contributed by atoms with Crippen molar-refractivity contribution in [2.75, 3.05) is 5.32 Å². The molecule has 2 aromatic rings. The van der Waals surface area contributed by atoms with E-state index in [2.05, 4.69) is 16.9 Å². The predicted molar refractivity (Wildman–Crippen MR) is 82.2 cm³/mol. The first-order chi connectivity index (χ1) is 10.7. The van der Waals surface area contributed by atoms with Crippen molar-refractivity contribution in [3.63, 3.8) is 0 Å². The molecular weight excluding hydrogens is 331 g/mol. The monoisotopic (exact) mass is 341 g/mol. The maximum Gasteiger partial charge on any atom is 0.419 e. The van der Waals surface area contributed by atoms with E-state index < -0.39 is 17.6 Å². The van der Waals surface area contributed by atoms with Gasteiger partial charge in [-0.2, -0.15) is 13.2 Å². The molecule has 0 atom stereocenters. The van der Waals surface area contributed by atoms with E-state index in [4.69, 9.17) is 17.3 Å². The Labute approximate surface area is 134 Å². The van der Waals surface area contributed by atoms with Crippen LogP contribution in [0.25, 0.3) is 5.57 Å². The van der Waals surface area contributed by atoms with Gasteiger partial charge in [-0.05, 0) is 23.8 Å². The normalized spacial score (nSPS) is 11.1. The zero-order valence-corrected chi connectivity index (χ0v) is 12.4. The number of pyridine rings is 1. The van der Waals surface area contributed by atoms with Crippen LogP contribution in [-0.2, 0) is 11.0 Å². The minimum atomic E-state index is -4.59. The van der Waals surface area contributed by atoms with Crippen molar-refractivity contribution in [3.8, 4) is 0 Å². The SMILES string of the molecule is C=C(C(N)=O)c1cccc(Nc2cc(Cl)ncc2C(F)(F)F)c1. The second kappa shape index (κ2) is 6.29. The Morgan fingerprint density at radius 3 is 2.61 bits per heavy atom. The number of hydrogen-bond acceptors (Lipinski definition) is 3. The summed E-state index contributed by atoms with van der Waals surface area (Å²) in [6, 6.07) is 7.19. The average molecular weight is 342 g/mol. The maximum absolute atomic E-state index is 13.0. The minimum absolute atomic E-state index is 0.0532. The number of rotatable bonds is 4. The third-order valence-corrected chi connectivity index (χ3v) is 3.17. The van der Waals surface area contributed by atoms with E-state index in [0.29, 0.717) is 17.4 Å². The summed E-state index contributed by atoms with van der Waals surface area (Å²) in [6.07, 6.45) is -3.94. The van der Waals surface area contributed by atoms with Crippen molar-refractivity contribution in [3.05, 3.63) is 59.4 Å². The molecule has 4 nitrogen and oxygen atoms in total. The van der Waals surface area contributed by atoms with Gasteiger partial charge >= 0.3 is 6.18 Å². The first-order valence-electron chi connectivity index (χ1n) is 6.27. The zero-order valence-electron chi connectivity index (χ0n) is 11.6. The molecular formula is C15H11ClF3N3O. The third-order valence-electron chi connectivity index (χ3n) is 2.96. The summed E-state index contributed by atoms with van der Waals surface area (Å²) in [4.78, 5) is 14.6. The highest BCUT2D eigenvalue weighted by molar-refractivity contribution is 6.29. The summed E-state index contributed by atoms with van der Waals surface area (Å²) in [7, 11) is 0. The summed E-state index contributed by atoms with van der Waals surface area (Å²) in [6.45, 7) is 3.53. The molecule has 0 aliphatic heterocycles. The van der Waals surface area contributed by atoms with Gasteiger partial charge < -0.3 is 11.1 Å². The van der Waals surface area contributed by atoms with Gasteiger partial charge in [0.15, 0.2) is 0 Å². The van der Waals surface area contributed by atoms with Crippen molar-refractivity contribution in [2.45, 2.75) is 6.18 Å². The van der Waals surface area contributed by atoms with Crippen molar-refractivity contribution >= 4 is 34.5 Å². The van der Waals surface area contributed by atoms with E-state index in [1.165, 1.54) is 12.1 Å². The maximum atomic E-state index is 13.0. The van der Waals surface area contributed by atoms with Gasteiger partial charge in [-0.3, -0.25) is 4.79 Å². The summed E-state index contributed by atoms with van der Waals surface area (Å²) in [5.74, 6) is -0.718. The molecule has 0 aliphatic rings. The van der Waals surface area contributed by atoms with Crippen LogP contribution in [0.15, 0.2) is 43.1 Å². The van der Waals surface area contributed by atoms with Gasteiger partial charge in [-0.15, -0.1) is 0 Å². The topological polar surface area (TPSA) is 68.0 Å². The van der Waals surface area contributed by atoms with E-state index in [0.717, 1.165) is 6.07 Å². The summed E-state index contributed by atoms with van der Waals surface area (Å²) in [5.41, 5.74) is 4.70. The number of nitrogens with two attached hydrogens (primary N) is 1.